The SMILES string of the molecule is CO[C@H]1C[C@@H]2CC[C@@H](C)[C@@](O)(O2)C(=O)C(=O)N2CCCC[C@H]2C(=O)O[C@H]([C@H](N)C[C@@H]2CC[C@@H](OC(=O)NCc3cnc(N4CCN(C(=O)CN(C)CC(C)=O)CC4)nc3)[C@H](OC)C2)C[C@@H](OC)[C@H](C)/C=C(\C)[C@@H](O)[C@@H](O)C(=O)[C@H](C)C[C@H](C)/C=C/C=CC=C1C. The average Bonchev–Trinajstić information content (AvgIpc) is 0.837. The van der Waals surface area contributed by atoms with Crippen LogP contribution in [0.2, 0.25) is 0 Å². The van der Waals surface area contributed by atoms with E-state index in [4.69, 9.17) is 34.2 Å². The molecule has 0 spiro atoms. The van der Waals surface area contributed by atoms with E-state index >= 15 is 0 Å². The minimum Gasteiger partial charge on any atom is -0.459 e. The summed E-state index contributed by atoms with van der Waals surface area (Å²) in [6.07, 6.45) is 11.1. The van der Waals surface area contributed by atoms with Crippen LogP contribution in [0.1, 0.15) is 131 Å². The van der Waals surface area contributed by atoms with Crippen molar-refractivity contribution in [3.63, 3.8) is 0 Å². The molecule has 5 aliphatic rings. The van der Waals surface area contributed by atoms with Gasteiger partial charge in [0.15, 0.2) is 5.78 Å². The van der Waals surface area contributed by atoms with Gasteiger partial charge >= 0.3 is 12.1 Å². The number of hydrogen-bond acceptors (Lipinski definition) is 21. The molecule has 0 aromatic carbocycles. The van der Waals surface area contributed by atoms with E-state index in [2.05, 4.69) is 15.3 Å². The summed E-state index contributed by atoms with van der Waals surface area (Å²) in [5, 5.41) is 37.6. The van der Waals surface area contributed by atoms with Gasteiger partial charge in [-0.25, -0.2) is 19.6 Å². The third-order valence-corrected chi connectivity index (χ3v) is 18.6. The first-order valence-corrected chi connectivity index (χ1v) is 32.1. The summed E-state index contributed by atoms with van der Waals surface area (Å²) >= 11 is 0. The van der Waals surface area contributed by atoms with Crippen LogP contribution in [0.25, 0.3) is 0 Å². The topological polar surface area (TPSA) is 312 Å². The number of anilines is 1. The molecule has 24 heteroatoms. The number of ether oxygens (including phenoxy) is 6. The summed E-state index contributed by atoms with van der Waals surface area (Å²) in [5.41, 5.74) is 8.97. The Labute approximate surface area is 531 Å². The fourth-order valence-corrected chi connectivity index (χ4v) is 13.1. The van der Waals surface area contributed by atoms with Crippen LogP contribution in [0.3, 0.4) is 0 Å². The second kappa shape index (κ2) is 34.7. The predicted octanol–water partition coefficient (Wildman–Crippen LogP) is 4.56. The number of allylic oxidation sites excluding steroid dienone is 5. The molecule has 0 unspecified atom stereocenters. The van der Waals surface area contributed by atoms with E-state index in [1.165, 1.54) is 18.9 Å². The average molecular weight is 1260 g/mol. The molecule has 0 radical (unpaired) electrons. The minimum absolute atomic E-state index is 0.00770. The van der Waals surface area contributed by atoms with E-state index in [0.717, 1.165) is 5.57 Å². The van der Waals surface area contributed by atoms with Crippen molar-refractivity contribution in [3.8, 4) is 0 Å². The van der Waals surface area contributed by atoms with Crippen molar-refractivity contribution in [1.29, 1.82) is 0 Å². The van der Waals surface area contributed by atoms with Crippen molar-refractivity contribution in [2.75, 3.05) is 79.1 Å². The molecule has 16 atom stereocenters. The highest BCUT2D eigenvalue weighted by Gasteiger charge is 2.53. The Balaban J connectivity index is 1.15. The van der Waals surface area contributed by atoms with Crippen molar-refractivity contribution in [2.45, 2.75) is 199 Å². The smallest absolute Gasteiger partial charge is 0.407 e. The summed E-state index contributed by atoms with van der Waals surface area (Å²) in [6.45, 7) is 14.8. The molecule has 502 valence electrons. The molecule has 3 saturated heterocycles. The number of esters is 1. The molecular formula is C66H102N8O16. The molecule has 3 amide bonds. The Kier molecular flexibility index (Phi) is 28.3. The number of piperidine rings is 1. The molecule has 6 rings (SSSR count). The van der Waals surface area contributed by atoms with Crippen LogP contribution in [-0.2, 0) is 63.7 Å². The summed E-state index contributed by atoms with van der Waals surface area (Å²) in [7, 11) is 6.34. The number of nitrogens with two attached hydrogens (primary N) is 1. The van der Waals surface area contributed by atoms with E-state index in [1.807, 2.05) is 56.1 Å². The largest absolute Gasteiger partial charge is 0.459 e. The van der Waals surface area contributed by atoms with Gasteiger partial charge in [-0.05, 0) is 115 Å². The number of hydrogen-bond donors (Lipinski definition) is 5. The number of aliphatic hydroxyl groups excluding tert-OH is 2. The van der Waals surface area contributed by atoms with Gasteiger partial charge in [0.05, 0.1) is 37.5 Å². The summed E-state index contributed by atoms with van der Waals surface area (Å²) in [6, 6.07) is -2.03. The van der Waals surface area contributed by atoms with Crippen molar-refractivity contribution in [1.82, 2.24) is 30.0 Å². The van der Waals surface area contributed by atoms with Gasteiger partial charge in [0.2, 0.25) is 17.6 Å². The lowest BCUT2D eigenvalue weighted by atomic mass is 9.80. The first-order valence-electron chi connectivity index (χ1n) is 32.1. The zero-order chi connectivity index (χ0) is 66.0. The second-order valence-electron chi connectivity index (χ2n) is 25.8. The number of ketones is 3. The number of nitrogens with one attached hydrogen (secondary N) is 1. The number of aliphatic hydroxyl groups is 3. The van der Waals surface area contributed by atoms with Gasteiger partial charge in [-0.1, -0.05) is 64.2 Å². The maximum absolute atomic E-state index is 14.8. The number of likely N-dealkylation sites (N-methyl/N-ethyl adjacent to an activating group) is 1. The first-order chi connectivity index (χ1) is 42.8. The standard InChI is InChI=1S/C66H102N8O16/c1-40-17-13-12-14-18-41(2)53(85-9)33-49-22-20-45(6)66(84,90-49)61(80)62(81)74-24-16-15-19-51(74)63(82)88-55(34-54(86-10)42(3)30-44(5)59(78)60(79)58(77)43(4)29-40)50(67)31-47-21-23-52(56(32-47)87-11)89-65(83)70-37-48-35-68-64(69-36-48)73-27-25-72(26-28-73)57(76)39-71(8)38-46(7)75/h12-14,17-18,30,35-36,40,42-43,45,47,49-56,59-60,78-79,84H,15-16,19-29,31-34,37-39,67H2,1-11H3,(H,70,83)/b14-12?,17-13+,41-18?,44-30+/t40-,42-,43-,45-,47+,49+,50-,51+,52-,53+,54-,55+,56-,59-,60+,66-/m1/s1. The van der Waals surface area contributed by atoms with Gasteiger partial charge < -0.3 is 69.5 Å². The van der Waals surface area contributed by atoms with Crippen LogP contribution in [-0.4, -0.2) is 222 Å². The van der Waals surface area contributed by atoms with Gasteiger partial charge in [-0.3, -0.25) is 28.9 Å². The monoisotopic (exact) mass is 1260 g/mol. The Morgan fingerprint density at radius 3 is 2.18 bits per heavy atom. The molecule has 1 saturated carbocycles. The first kappa shape index (κ1) is 73.2. The Hall–Kier alpha value is -5.83. The maximum atomic E-state index is 14.8. The predicted molar refractivity (Wildman–Crippen MR) is 335 cm³/mol. The number of Topliss-reactive ketones (excluding diaryl/α,β-unsaturated/α-hetero) is 3. The van der Waals surface area contributed by atoms with Crippen molar-refractivity contribution in [3.05, 3.63) is 65.6 Å². The number of aromatic nitrogens is 2. The van der Waals surface area contributed by atoms with Gasteiger partial charge in [0, 0.05) is 115 Å². The lowest BCUT2D eigenvalue weighted by Gasteiger charge is -2.43. The molecule has 2 bridgehead atoms. The van der Waals surface area contributed by atoms with Gasteiger partial charge in [-0.2, -0.15) is 0 Å². The Morgan fingerprint density at radius 1 is 0.811 bits per heavy atom. The highest BCUT2D eigenvalue weighted by molar-refractivity contribution is 6.39. The number of carbonyl (C=O) groups excluding carboxylic acids is 7. The molecule has 1 aliphatic carbocycles. The van der Waals surface area contributed by atoms with Crippen molar-refractivity contribution in [2.24, 2.45) is 35.3 Å². The van der Waals surface area contributed by atoms with E-state index in [-0.39, 0.29) is 69.0 Å². The number of fused-ring (bicyclic) bond motifs is 3. The van der Waals surface area contributed by atoms with Crippen LogP contribution >= 0.6 is 0 Å². The van der Waals surface area contributed by atoms with Crippen LogP contribution in [0.15, 0.2) is 60.0 Å². The maximum Gasteiger partial charge on any atom is 0.407 e. The second-order valence-corrected chi connectivity index (χ2v) is 25.8. The lowest BCUT2D eigenvalue weighted by molar-refractivity contribution is -0.265. The summed E-state index contributed by atoms with van der Waals surface area (Å²) in [5.74, 6) is -7.53. The molecule has 6 N–H and O–H groups in total. The third kappa shape index (κ3) is 20.3. The van der Waals surface area contributed by atoms with Gasteiger partial charge in [-0.15, -0.1) is 0 Å². The summed E-state index contributed by atoms with van der Waals surface area (Å²) in [4.78, 5) is 111. The molecule has 5 heterocycles. The molecule has 4 aliphatic heterocycles. The Morgan fingerprint density at radius 2 is 1.51 bits per heavy atom. The summed E-state index contributed by atoms with van der Waals surface area (Å²) < 4.78 is 36.4. The van der Waals surface area contributed by atoms with E-state index < -0.39 is 114 Å². The fourth-order valence-electron chi connectivity index (χ4n) is 13.1. The third-order valence-electron chi connectivity index (χ3n) is 18.6. The molecule has 1 aromatic heterocycles. The zero-order valence-corrected chi connectivity index (χ0v) is 54.8. The van der Waals surface area contributed by atoms with Crippen molar-refractivity contribution < 1.29 is 77.3 Å². The molecule has 4 fully saturated rings. The molecule has 90 heavy (non-hydrogen) atoms. The van der Waals surface area contributed by atoms with E-state index in [0.29, 0.717) is 101 Å². The van der Waals surface area contributed by atoms with Crippen LogP contribution < -0.4 is 16.0 Å². The number of methoxy groups -OCH3 is 3. The zero-order valence-electron chi connectivity index (χ0n) is 54.8. The van der Waals surface area contributed by atoms with Crippen LogP contribution in [0, 0.1) is 29.6 Å². The lowest BCUT2D eigenvalue weighted by Crippen LogP contribution is -2.61. The van der Waals surface area contributed by atoms with Gasteiger partial charge in [0.25, 0.3) is 11.7 Å². The normalized spacial score (nSPS) is 33.3. The highest BCUT2D eigenvalue weighted by Crippen LogP contribution is 2.38. The number of amides is 3. The minimum atomic E-state index is -2.48. The van der Waals surface area contributed by atoms with Crippen LogP contribution in [0.5, 0.6) is 0 Å². The molecule has 1 aromatic rings. The number of nitrogens with zero attached hydrogens (tertiary/aromatic N) is 6. The quantitative estimate of drug-likeness (QED) is 0.0969. The number of carbonyl (C=O) groups is 7. The van der Waals surface area contributed by atoms with E-state index in [9.17, 15) is 48.9 Å². The Bertz CT molecular complexity index is 2700. The van der Waals surface area contributed by atoms with Gasteiger partial charge in [0.1, 0.15) is 36.2 Å². The number of piperazine rings is 1. The molecular weight excluding hydrogens is 1160 g/mol. The molecule has 24 nitrogen and oxygen atoms in total. The van der Waals surface area contributed by atoms with Crippen LogP contribution in [0.4, 0.5) is 10.7 Å². The van der Waals surface area contributed by atoms with Crippen molar-refractivity contribution >= 4 is 47.2 Å². The number of cyclic esters (lactones) is 1. The fraction of sp³-hybridized carbons (Fsp3) is 0.712. The van der Waals surface area contributed by atoms with E-state index in [1.54, 1.807) is 70.3 Å². The number of rotatable bonds is 14. The number of alkyl carbamates (subject to hydrolysis) is 1. The highest BCUT2D eigenvalue weighted by atomic mass is 16.6.